The summed E-state index contributed by atoms with van der Waals surface area (Å²) in [6, 6.07) is 6.35. The van der Waals surface area contributed by atoms with Crippen LogP contribution in [0.2, 0.25) is 5.02 Å². The number of hydrogen-bond acceptors (Lipinski definition) is 2. The first-order valence-electron chi connectivity index (χ1n) is 7.59. The number of fused-ring (bicyclic) bond motifs is 1. The molecule has 2 atom stereocenters. The molecule has 1 N–H and O–H groups in total. The Morgan fingerprint density at radius 1 is 1.45 bits per heavy atom. The molecular weight excluding hydrogens is 270 g/mol. The SMILES string of the molecule is CCCn1c(C2NCCCC2C)nc2ccc(Cl)cc21. The summed E-state index contributed by atoms with van der Waals surface area (Å²) in [5, 5.41) is 4.43. The third-order valence-corrected chi connectivity index (χ3v) is 4.47. The van der Waals surface area contributed by atoms with Gasteiger partial charge in [-0.25, -0.2) is 4.98 Å². The first kappa shape index (κ1) is 13.9. The van der Waals surface area contributed by atoms with Crippen LogP contribution in [-0.2, 0) is 6.54 Å². The number of rotatable bonds is 3. The van der Waals surface area contributed by atoms with E-state index in [-0.39, 0.29) is 0 Å². The standard InChI is InChI=1S/C16H22ClN3/c1-3-9-20-14-10-12(17)6-7-13(14)19-16(20)15-11(2)5-4-8-18-15/h6-7,10-11,15,18H,3-5,8-9H2,1-2H3. The number of aryl methyl sites for hydroxylation is 1. The van der Waals surface area contributed by atoms with Crippen molar-refractivity contribution in [2.45, 2.75) is 45.7 Å². The zero-order valence-electron chi connectivity index (χ0n) is 12.2. The minimum absolute atomic E-state index is 0.362. The Bertz CT molecular complexity index is 605. The van der Waals surface area contributed by atoms with Crippen molar-refractivity contribution in [3.63, 3.8) is 0 Å². The summed E-state index contributed by atoms with van der Waals surface area (Å²) in [6.45, 7) is 6.61. The summed E-state index contributed by atoms with van der Waals surface area (Å²) in [6.07, 6.45) is 3.64. The maximum atomic E-state index is 6.16. The lowest BCUT2D eigenvalue weighted by Gasteiger charge is -2.30. The largest absolute Gasteiger partial charge is 0.327 e. The highest BCUT2D eigenvalue weighted by Crippen LogP contribution is 2.31. The number of nitrogens with zero attached hydrogens (tertiary/aromatic N) is 2. The van der Waals surface area contributed by atoms with Crippen molar-refractivity contribution < 1.29 is 0 Å². The molecule has 0 amide bonds. The van der Waals surface area contributed by atoms with Gasteiger partial charge in [-0.15, -0.1) is 0 Å². The molecule has 4 heteroatoms. The van der Waals surface area contributed by atoms with Crippen molar-refractivity contribution in [3.05, 3.63) is 29.0 Å². The molecule has 1 aromatic heterocycles. The number of imidazole rings is 1. The first-order valence-corrected chi connectivity index (χ1v) is 7.97. The summed E-state index contributed by atoms with van der Waals surface area (Å²) in [4.78, 5) is 4.89. The number of piperidine rings is 1. The smallest absolute Gasteiger partial charge is 0.127 e. The van der Waals surface area contributed by atoms with Gasteiger partial charge in [-0.3, -0.25) is 0 Å². The van der Waals surface area contributed by atoms with E-state index in [2.05, 4.69) is 23.7 Å². The van der Waals surface area contributed by atoms with Gasteiger partial charge in [0.05, 0.1) is 17.1 Å². The lowest BCUT2D eigenvalue weighted by molar-refractivity contribution is 0.288. The van der Waals surface area contributed by atoms with E-state index in [1.807, 2.05) is 18.2 Å². The van der Waals surface area contributed by atoms with Gasteiger partial charge in [0.15, 0.2) is 0 Å². The van der Waals surface area contributed by atoms with Crippen LogP contribution in [0.5, 0.6) is 0 Å². The zero-order chi connectivity index (χ0) is 14.1. The van der Waals surface area contributed by atoms with Crippen molar-refractivity contribution >= 4 is 22.6 Å². The summed E-state index contributed by atoms with van der Waals surface area (Å²) < 4.78 is 2.35. The molecule has 3 nitrogen and oxygen atoms in total. The van der Waals surface area contributed by atoms with Crippen LogP contribution in [0.4, 0.5) is 0 Å². The fraction of sp³-hybridized carbons (Fsp3) is 0.562. The molecule has 2 unspecified atom stereocenters. The van der Waals surface area contributed by atoms with Crippen LogP contribution in [-0.4, -0.2) is 16.1 Å². The second-order valence-electron chi connectivity index (χ2n) is 5.81. The Hall–Kier alpha value is -1.06. The van der Waals surface area contributed by atoms with Crippen molar-refractivity contribution in [2.75, 3.05) is 6.54 Å². The van der Waals surface area contributed by atoms with Gasteiger partial charge >= 0.3 is 0 Å². The molecule has 0 spiro atoms. The molecule has 1 saturated heterocycles. The van der Waals surface area contributed by atoms with E-state index in [0.29, 0.717) is 12.0 Å². The summed E-state index contributed by atoms with van der Waals surface area (Å²) in [7, 11) is 0. The monoisotopic (exact) mass is 291 g/mol. The maximum absolute atomic E-state index is 6.16. The van der Waals surface area contributed by atoms with Crippen molar-refractivity contribution in [1.29, 1.82) is 0 Å². The number of benzene rings is 1. The Kier molecular flexibility index (Phi) is 3.99. The predicted molar refractivity (Wildman–Crippen MR) is 84.2 cm³/mol. The highest BCUT2D eigenvalue weighted by Gasteiger charge is 2.27. The Balaban J connectivity index is 2.10. The fourth-order valence-corrected chi connectivity index (χ4v) is 3.37. The molecule has 0 bridgehead atoms. The molecule has 1 aliphatic rings. The molecule has 3 rings (SSSR count). The maximum Gasteiger partial charge on any atom is 0.127 e. The second-order valence-corrected chi connectivity index (χ2v) is 6.24. The Morgan fingerprint density at radius 3 is 3.05 bits per heavy atom. The van der Waals surface area contributed by atoms with Gasteiger partial charge in [0.1, 0.15) is 5.82 Å². The summed E-state index contributed by atoms with van der Waals surface area (Å²) in [5.41, 5.74) is 2.21. The van der Waals surface area contributed by atoms with Crippen molar-refractivity contribution in [1.82, 2.24) is 14.9 Å². The number of hydrogen-bond donors (Lipinski definition) is 1. The predicted octanol–water partition coefficient (Wildman–Crippen LogP) is 4.16. The van der Waals surface area contributed by atoms with Gasteiger partial charge in [-0.2, -0.15) is 0 Å². The van der Waals surface area contributed by atoms with Crippen LogP contribution < -0.4 is 5.32 Å². The zero-order valence-corrected chi connectivity index (χ0v) is 13.0. The average Bonchev–Trinajstić information content (AvgIpc) is 2.78. The lowest BCUT2D eigenvalue weighted by atomic mass is 9.92. The van der Waals surface area contributed by atoms with Gasteiger partial charge in [0.2, 0.25) is 0 Å². The van der Waals surface area contributed by atoms with Crippen LogP contribution in [0.25, 0.3) is 11.0 Å². The molecule has 1 fully saturated rings. The van der Waals surface area contributed by atoms with Crippen LogP contribution in [0.1, 0.15) is 45.0 Å². The minimum Gasteiger partial charge on any atom is -0.327 e. The van der Waals surface area contributed by atoms with E-state index in [0.717, 1.165) is 35.6 Å². The lowest BCUT2D eigenvalue weighted by Crippen LogP contribution is -2.34. The van der Waals surface area contributed by atoms with E-state index < -0.39 is 0 Å². The minimum atomic E-state index is 0.362. The third kappa shape index (κ3) is 2.45. The normalized spacial score (nSPS) is 23.4. The van der Waals surface area contributed by atoms with Gasteiger partial charge < -0.3 is 9.88 Å². The molecule has 0 radical (unpaired) electrons. The summed E-state index contributed by atoms with van der Waals surface area (Å²) >= 11 is 6.16. The van der Waals surface area contributed by atoms with Crippen LogP contribution >= 0.6 is 11.6 Å². The first-order chi connectivity index (χ1) is 9.70. The van der Waals surface area contributed by atoms with Crippen molar-refractivity contribution in [2.24, 2.45) is 5.92 Å². The Labute approximate surface area is 125 Å². The summed E-state index contributed by atoms with van der Waals surface area (Å²) in [5.74, 6) is 1.81. The van der Waals surface area contributed by atoms with Gasteiger partial charge in [0.25, 0.3) is 0 Å². The molecular formula is C16H22ClN3. The van der Waals surface area contributed by atoms with Crippen molar-refractivity contribution in [3.8, 4) is 0 Å². The molecule has 108 valence electrons. The molecule has 0 aliphatic carbocycles. The van der Waals surface area contributed by atoms with Gasteiger partial charge in [0, 0.05) is 11.6 Å². The average molecular weight is 292 g/mol. The van der Waals surface area contributed by atoms with Crippen LogP contribution in [0.15, 0.2) is 18.2 Å². The Morgan fingerprint density at radius 2 is 2.30 bits per heavy atom. The highest BCUT2D eigenvalue weighted by molar-refractivity contribution is 6.31. The third-order valence-electron chi connectivity index (χ3n) is 4.23. The molecule has 2 heterocycles. The van der Waals surface area contributed by atoms with E-state index in [9.17, 15) is 0 Å². The van der Waals surface area contributed by atoms with E-state index in [1.54, 1.807) is 0 Å². The fourth-order valence-electron chi connectivity index (χ4n) is 3.21. The molecule has 2 aromatic rings. The number of nitrogens with one attached hydrogen (secondary N) is 1. The van der Waals surface area contributed by atoms with E-state index in [4.69, 9.17) is 16.6 Å². The molecule has 20 heavy (non-hydrogen) atoms. The highest BCUT2D eigenvalue weighted by atomic mass is 35.5. The number of aromatic nitrogens is 2. The second kappa shape index (κ2) is 5.74. The van der Waals surface area contributed by atoms with Gasteiger partial charge in [-0.05, 0) is 49.9 Å². The number of halogens is 1. The van der Waals surface area contributed by atoms with Crippen LogP contribution in [0, 0.1) is 5.92 Å². The van der Waals surface area contributed by atoms with Crippen LogP contribution in [0.3, 0.4) is 0 Å². The van der Waals surface area contributed by atoms with E-state index in [1.165, 1.54) is 18.7 Å². The van der Waals surface area contributed by atoms with Gasteiger partial charge in [-0.1, -0.05) is 25.4 Å². The topological polar surface area (TPSA) is 29.9 Å². The molecule has 0 saturated carbocycles. The molecule has 1 aliphatic heterocycles. The molecule has 1 aromatic carbocycles. The quantitative estimate of drug-likeness (QED) is 0.920. The van der Waals surface area contributed by atoms with E-state index >= 15 is 0 Å².